The maximum Gasteiger partial charge on any atom is 0.237 e. The lowest BCUT2D eigenvalue weighted by atomic mass is 10.1. The number of nitrogens with one attached hydrogen (secondary N) is 1. The van der Waals surface area contributed by atoms with Crippen LogP contribution in [0.2, 0.25) is 0 Å². The number of carbonyl (C=O) groups is 1. The van der Waals surface area contributed by atoms with Gasteiger partial charge in [-0.1, -0.05) is 36.4 Å². The minimum absolute atomic E-state index is 0.138. The van der Waals surface area contributed by atoms with Gasteiger partial charge < -0.3 is 14.8 Å². The summed E-state index contributed by atoms with van der Waals surface area (Å²) in [5.74, 6) is 1.98. The van der Waals surface area contributed by atoms with Crippen molar-refractivity contribution in [1.82, 2.24) is 19.7 Å². The Bertz CT molecular complexity index is 1080. The Balaban J connectivity index is 1.53. The Morgan fingerprint density at radius 1 is 1.03 bits per heavy atom. The van der Waals surface area contributed by atoms with E-state index in [-0.39, 0.29) is 5.91 Å². The van der Waals surface area contributed by atoms with Crippen molar-refractivity contribution in [3.05, 3.63) is 54.4 Å². The lowest BCUT2D eigenvalue weighted by Crippen LogP contribution is -2.30. The predicted octanol–water partition coefficient (Wildman–Crippen LogP) is 4.39. The van der Waals surface area contributed by atoms with Crippen molar-refractivity contribution < 1.29 is 14.3 Å². The molecule has 0 bridgehead atoms. The highest BCUT2D eigenvalue weighted by Crippen LogP contribution is 2.29. The number of hydrogen-bond donors (Lipinski definition) is 1. The molecule has 8 nitrogen and oxygen atoms in total. The maximum absolute atomic E-state index is 13.0. The number of nitrogens with zero attached hydrogens (tertiary/aromatic N) is 4. The van der Waals surface area contributed by atoms with E-state index in [4.69, 9.17) is 9.47 Å². The molecule has 4 rings (SSSR count). The second-order valence-electron chi connectivity index (χ2n) is 8.26. The van der Waals surface area contributed by atoms with Gasteiger partial charge in [0.05, 0.1) is 26.0 Å². The molecule has 1 fully saturated rings. The average Bonchev–Trinajstić information content (AvgIpc) is 3.26. The molecule has 34 heavy (non-hydrogen) atoms. The fourth-order valence-electron chi connectivity index (χ4n) is 3.97. The third-order valence-electron chi connectivity index (χ3n) is 5.80. The molecule has 0 saturated carbocycles. The summed E-state index contributed by atoms with van der Waals surface area (Å²) < 4.78 is 12.7. The van der Waals surface area contributed by atoms with Gasteiger partial charge in [0.2, 0.25) is 5.91 Å². The third kappa shape index (κ3) is 5.90. The Morgan fingerprint density at radius 2 is 1.71 bits per heavy atom. The van der Waals surface area contributed by atoms with Gasteiger partial charge in [0, 0.05) is 29.6 Å². The van der Waals surface area contributed by atoms with E-state index < -0.39 is 5.25 Å². The zero-order chi connectivity index (χ0) is 23.9. The molecule has 1 atom stereocenters. The number of carbonyl (C=O) groups excluding carboxylic acids is 1. The number of thioether (sulfide) groups is 1. The number of piperidine rings is 1. The fourth-order valence-corrected chi connectivity index (χ4v) is 4.85. The summed E-state index contributed by atoms with van der Waals surface area (Å²) in [6.07, 6.45) is 3.72. The van der Waals surface area contributed by atoms with Gasteiger partial charge in [-0.05, 0) is 45.0 Å². The molecule has 1 N–H and O–H groups in total. The van der Waals surface area contributed by atoms with Gasteiger partial charge in [0.1, 0.15) is 11.5 Å². The summed E-state index contributed by atoms with van der Waals surface area (Å²) in [4.78, 5) is 15.4. The SMILES string of the molecule is COc1cc(NC(=O)[C@@H](C)Sc2nnc(CN3CCCCC3)n2-c2ccccc2)cc(OC)c1. The minimum atomic E-state index is -0.397. The summed E-state index contributed by atoms with van der Waals surface area (Å²) >= 11 is 1.39. The first-order valence-corrected chi connectivity index (χ1v) is 12.4. The van der Waals surface area contributed by atoms with E-state index in [9.17, 15) is 4.79 Å². The largest absolute Gasteiger partial charge is 0.497 e. The molecule has 1 amide bonds. The van der Waals surface area contributed by atoms with Gasteiger partial charge in [-0.15, -0.1) is 10.2 Å². The number of likely N-dealkylation sites (tertiary alicyclic amines) is 1. The van der Waals surface area contributed by atoms with Crippen LogP contribution in [0.5, 0.6) is 11.5 Å². The molecular weight excluding hydrogens is 450 g/mol. The van der Waals surface area contributed by atoms with Crippen LogP contribution in [0.1, 0.15) is 32.0 Å². The summed E-state index contributed by atoms with van der Waals surface area (Å²) in [6, 6.07) is 15.4. The van der Waals surface area contributed by atoms with Crippen LogP contribution in [0.25, 0.3) is 5.69 Å². The number of para-hydroxylation sites is 1. The van der Waals surface area contributed by atoms with Crippen molar-refractivity contribution >= 4 is 23.4 Å². The van der Waals surface area contributed by atoms with Crippen LogP contribution in [0.3, 0.4) is 0 Å². The molecule has 9 heteroatoms. The highest BCUT2D eigenvalue weighted by molar-refractivity contribution is 8.00. The molecule has 0 aliphatic carbocycles. The Labute approximate surface area is 204 Å². The number of aromatic nitrogens is 3. The van der Waals surface area contributed by atoms with Crippen LogP contribution >= 0.6 is 11.8 Å². The highest BCUT2D eigenvalue weighted by atomic mass is 32.2. The molecule has 1 aliphatic heterocycles. The molecule has 0 radical (unpaired) electrons. The van der Waals surface area contributed by atoms with Crippen molar-refractivity contribution in [3.8, 4) is 17.2 Å². The molecule has 2 aromatic carbocycles. The number of anilines is 1. The molecule has 1 aliphatic rings. The summed E-state index contributed by atoms with van der Waals surface area (Å²) in [5, 5.41) is 12.2. The van der Waals surface area contributed by atoms with Crippen molar-refractivity contribution in [2.75, 3.05) is 32.6 Å². The van der Waals surface area contributed by atoms with Crippen LogP contribution in [-0.2, 0) is 11.3 Å². The van der Waals surface area contributed by atoms with Crippen LogP contribution in [0.4, 0.5) is 5.69 Å². The second-order valence-corrected chi connectivity index (χ2v) is 9.57. The molecule has 0 unspecified atom stereocenters. The lowest BCUT2D eigenvalue weighted by Gasteiger charge is -2.26. The summed E-state index contributed by atoms with van der Waals surface area (Å²) in [5.41, 5.74) is 1.61. The molecular formula is C25H31N5O3S. The summed E-state index contributed by atoms with van der Waals surface area (Å²) in [7, 11) is 3.16. The molecule has 3 aromatic rings. The van der Waals surface area contributed by atoms with Crippen LogP contribution in [0.15, 0.2) is 53.7 Å². The average molecular weight is 482 g/mol. The monoisotopic (exact) mass is 481 g/mol. The van der Waals surface area contributed by atoms with Crippen molar-refractivity contribution in [1.29, 1.82) is 0 Å². The predicted molar refractivity (Wildman–Crippen MR) is 134 cm³/mol. The van der Waals surface area contributed by atoms with Crippen molar-refractivity contribution in [2.24, 2.45) is 0 Å². The molecule has 1 saturated heterocycles. The van der Waals surface area contributed by atoms with Gasteiger partial charge >= 0.3 is 0 Å². The zero-order valence-electron chi connectivity index (χ0n) is 19.9. The number of hydrogen-bond acceptors (Lipinski definition) is 7. The van der Waals surface area contributed by atoms with E-state index in [1.165, 1.54) is 31.0 Å². The van der Waals surface area contributed by atoms with Crippen molar-refractivity contribution in [2.45, 2.75) is 43.1 Å². The Kier molecular flexibility index (Phi) is 8.08. The number of methoxy groups -OCH3 is 2. The van der Waals surface area contributed by atoms with Crippen LogP contribution in [-0.4, -0.2) is 58.1 Å². The quantitative estimate of drug-likeness (QED) is 0.454. The van der Waals surface area contributed by atoms with E-state index in [0.717, 1.165) is 31.1 Å². The molecule has 180 valence electrons. The fraction of sp³-hybridized carbons (Fsp3) is 0.400. The summed E-state index contributed by atoms with van der Waals surface area (Å²) in [6.45, 7) is 4.76. The maximum atomic E-state index is 13.0. The van der Waals surface area contributed by atoms with Crippen LogP contribution in [0, 0.1) is 0 Å². The highest BCUT2D eigenvalue weighted by Gasteiger charge is 2.23. The first-order chi connectivity index (χ1) is 16.6. The Morgan fingerprint density at radius 3 is 2.35 bits per heavy atom. The van der Waals surface area contributed by atoms with Gasteiger partial charge in [-0.25, -0.2) is 0 Å². The first kappa shape index (κ1) is 24.1. The smallest absolute Gasteiger partial charge is 0.237 e. The van der Waals surface area contributed by atoms with Crippen LogP contribution < -0.4 is 14.8 Å². The van der Waals surface area contributed by atoms with Gasteiger partial charge in [-0.2, -0.15) is 0 Å². The molecule has 1 aromatic heterocycles. The van der Waals surface area contributed by atoms with E-state index in [1.54, 1.807) is 32.4 Å². The van der Waals surface area contributed by atoms with E-state index >= 15 is 0 Å². The number of amides is 1. The standard InChI is InChI=1S/C25H31N5O3S/c1-18(24(31)26-19-14-21(32-2)16-22(15-19)33-3)34-25-28-27-23(17-29-12-8-5-9-13-29)30(25)20-10-6-4-7-11-20/h4,6-7,10-11,14-16,18H,5,8-9,12-13,17H2,1-3H3,(H,26,31)/t18-/m1/s1. The molecule has 0 spiro atoms. The van der Waals surface area contributed by atoms with Gasteiger partial charge in [-0.3, -0.25) is 14.3 Å². The minimum Gasteiger partial charge on any atom is -0.497 e. The lowest BCUT2D eigenvalue weighted by molar-refractivity contribution is -0.115. The first-order valence-electron chi connectivity index (χ1n) is 11.5. The van der Waals surface area contributed by atoms with Gasteiger partial charge in [0.25, 0.3) is 0 Å². The van der Waals surface area contributed by atoms with E-state index in [0.29, 0.717) is 22.3 Å². The second kappa shape index (κ2) is 11.4. The zero-order valence-corrected chi connectivity index (χ0v) is 20.7. The van der Waals surface area contributed by atoms with E-state index in [1.807, 2.05) is 37.3 Å². The number of ether oxygens (including phenoxy) is 2. The number of benzene rings is 2. The van der Waals surface area contributed by atoms with E-state index in [2.05, 4.69) is 25.0 Å². The third-order valence-corrected chi connectivity index (χ3v) is 6.84. The number of rotatable bonds is 9. The van der Waals surface area contributed by atoms with Gasteiger partial charge in [0.15, 0.2) is 11.0 Å². The Hall–Kier alpha value is -3.04. The van der Waals surface area contributed by atoms with Crippen molar-refractivity contribution in [3.63, 3.8) is 0 Å². The topological polar surface area (TPSA) is 81.5 Å². The normalized spacial score (nSPS) is 15.0. The molecule has 2 heterocycles.